The minimum Gasteiger partial charge on any atom is -0.378 e. The molecule has 1 aromatic carbocycles. The summed E-state index contributed by atoms with van der Waals surface area (Å²) in [5.41, 5.74) is 10.4. The maximum atomic E-state index is 9.29. The van der Waals surface area contributed by atoms with Gasteiger partial charge in [-0.3, -0.25) is 0 Å². The van der Waals surface area contributed by atoms with Crippen molar-refractivity contribution >= 4 is 0 Å². The topological polar surface area (TPSA) is 59.0 Å². The number of rotatable bonds is 2. The van der Waals surface area contributed by atoms with E-state index >= 15 is 0 Å². The number of benzene rings is 1. The second-order valence-corrected chi connectivity index (χ2v) is 5.05. The zero-order valence-electron chi connectivity index (χ0n) is 10.6. The van der Waals surface area contributed by atoms with Gasteiger partial charge in [0.2, 0.25) is 0 Å². The number of hydrogen-bond donors (Lipinski definition) is 1. The molecule has 0 aliphatic carbocycles. The summed E-state index contributed by atoms with van der Waals surface area (Å²) in [5, 5.41) is 9.29. The first-order valence-corrected chi connectivity index (χ1v) is 5.82. The lowest BCUT2D eigenvalue weighted by molar-refractivity contribution is -0.0912. The maximum Gasteiger partial charge on any atom is 0.123 e. The summed E-state index contributed by atoms with van der Waals surface area (Å²) in [5.74, 6) is 0. The van der Waals surface area contributed by atoms with Crippen molar-refractivity contribution in [1.29, 1.82) is 5.26 Å². The van der Waals surface area contributed by atoms with Crippen molar-refractivity contribution in [1.82, 2.24) is 0 Å². The van der Waals surface area contributed by atoms with Crippen LogP contribution in [0.2, 0.25) is 0 Å². The van der Waals surface area contributed by atoms with Crippen LogP contribution in [0.1, 0.15) is 28.3 Å². The van der Waals surface area contributed by atoms with Gasteiger partial charge in [-0.1, -0.05) is 17.7 Å². The molecule has 0 aromatic heterocycles. The van der Waals surface area contributed by atoms with Gasteiger partial charge in [-0.25, -0.2) is 0 Å². The molecule has 1 aromatic rings. The van der Waals surface area contributed by atoms with Gasteiger partial charge in [0, 0.05) is 0 Å². The van der Waals surface area contributed by atoms with Crippen molar-refractivity contribution in [3.8, 4) is 6.07 Å². The van der Waals surface area contributed by atoms with Crippen LogP contribution in [-0.2, 0) is 4.74 Å². The molecule has 2 rings (SSSR count). The van der Waals surface area contributed by atoms with Crippen LogP contribution < -0.4 is 5.73 Å². The van der Waals surface area contributed by atoms with E-state index in [1.54, 1.807) is 0 Å². The van der Waals surface area contributed by atoms with E-state index < -0.39 is 5.41 Å². The Kier molecular flexibility index (Phi) is 2.94. The van der Waals surface area contributed by atoms with Crippen LogP contribution in [0.15, 0.2) is 12.1 Å². The molecule has 1 aliphatic rings. The Hall–Kier alpha value is -1.37. The molecule has 1 unspecified atom stereocenters. The van der Waals surface area contributed by atoms with E-state index in [1.807, 2.05) is 0 Å². The molecule has 90 valence electrons. The van der Waals surface area contributed by atoms with Gasteiger partial charge in [-0.15, -0.1) is 0 Å². The molecule has 1 fully saturated rings. The van der Waals surface area contributed by atoms with Gasteiger partial charge in [0.25, 0.3) is 0 Å². The Labute approximate surface area is 102 Å². The Morgan fingerprint density at radius 2 is 1.82 bits per heavy atom. The molecule has 3 heteroatoms. The minimum absolute atomic E-state index is 0.262. The fourth-order valence-corrected chi connectivity index (χ4v) is 2.59. The smallest absolute Gasteiger partial charge is 0.123 e. The van der Waals surface area contributed by atoms with E-state index in [9.17, 15) is 5.26 Å². The van der Waals surface area contributed by atoms with Crippen LogP contribution in [0.3, 0.4) is 0 Å². The normalized spacial score (nSPS) is 19.2. The van der Waals surface area contributed by atoms with Gasteiger partial charge < -0.3 is 10.5 Å². The fraction of sp³-hybridized carbons (Fsp3) is 0.500. The van der Waals surface area contributed by atoms with Crippen LogP contribution in [0.5, 0.6) is 0 Å². The SMILES string of the molecule is Cc1cc(C)c(C(N)C2(C#N)COC2)c(C)c1. The predicted octanol–water partition coefficient (Wildman–Crippen LogP) is 2.15. The first-order chi connectivity index (χ1) is 8.00. The third kappa shape index (κ3) is 1.84. The number of nitrogens with zero attached hydrogens (tertiary/aromatic N) is 1. The molecule has 1 heterocycles. The van der Waals surface area contributed by atoms with Crippen molar-refractivity contribution in [2.45, 2.75) is 26.8 Å². The first kappa shape index (κ1) is 12.1. The van der Waals surface area contributed by atoms with Gasteiger partial charge in [0.15, 0.2) is 0 Å². The molecule has 3 nitrogen and oxygen atoms in total. The fourth-order valence-electron chi connectivity index (χ4n) is 2.59. The van der Waals surface area contributed by atoms with Crippen molar-refractivity contribution in [2.24, 2.45) is 11.1 Å². The molecule has 2 N–H and O–H groups in total. The molecule has 0 saturated carbocycles. The third-order valence-electron chi connectivity index (χ3n) is 3.59. The Morgan fingerprint density at radius 3 is 2.18 bits per heavy atom. The Bertz CT molecular complexity index is 460. The average Bonchev–Trinajstić information content (AvgIpc) is 2.14. The van der Waals surface area contributed by atoms with Crippen LogP contribution >= 0.6 is 0 Å². The highest BCUT2D eigenvalue weighted by atomic mass is 16.5. The standard InChI is InChI=1S/C14H18N2O/c1-9-4-10(2)12(11(3)5-9)13(16)14(6-15)7-17-8-14/h4-5,13H,7-8,16H2,1-3H3. The van der Waals surface area contributed by atoms with Crippen molar-refractivity contribution in [3.05, 3.63) is 34.4 Å². The number of ether oxygens (including phenoxy) is 1. The zero-order chi connectivity index (χ0) is 12.6. The molecule has 0 bridgehead atoms. The predicted molar refractivity (Wildman–Crippen MR) is 66.4 cm³/mol. The summed E-state index contributed by atoms with van der Waals surface area (Å²) in [6.07, 6.45) is 0. The second kappa shape index (κ2) is 4.14. The molecular formula is C14H18N2O. The van der Waals surface area contributed by atoms with Gasteiger partial charge in [-0.05, 0) is 37.5 Å². The van der Waals surface area contributed by atoms with Crippen LogP contribution in [0.4, 0.5) is 0 Å². The van der Waals surface area contributed by atoms with Crippen molar-refractivity contribution < 1.29 is 4.74 Å². The van der Waals surface area contributed by atoms with Crippen LogP contribution in [-0.4, -0.2) is 13.2 Å². The van der Waals surface area contributed by atoms with Gasteiger partial charge in [0.1, 0.15) is 5.41 Å². The summed E-state index contributed by atoms with van der Waals surface area (Å²) >= 11 is 0. The Morgan fingerprint density at radius 1 is 1.29 bits per heavy atom. The molecule has 0 amide bonds. The lowest BCUT2D eigenvalue weighted by atomic mass is 9.74. The molecule has 0 spiro atoms. The summed E-state index contributed by atoms with van der Waals surface area (Å²) in [6.45, 7) is 7.07. The minimum atomic E-state index is -0.537. The largest absolute Gasteiger partial charge is 0.378 e. The third-order valence-corrected chi connectivity index (χ3v) is 3.59. The van der Waals surface area contributed by atoms with Crippen LogP contribution in [0.25, 0.3) is 0 Å². The summed E-state index contributed by atoms with van der Waals surface area (Å²) in [7, 11) is 0. The highest BCUT2D eigenvalue weighted by Crippen LogP contribution is 2.40. The number of nitriles is 1. The second-order valence-electron chi connectivity index (χ2n) is 5.05. The lowest BCUT2D eigenvalue weighted by Gasteiger charge is -2.40. The number of hydrogen-bond acceptors (Lipinski definition) is 3. The summed E-state index contributed by atoms with van der Waals surface area (Å²) < 4.78 is 5.17. The summed E-state index contributed by atoms with van der Waals surface area (Å²) in [4.78, 5) is 0. The Balaban J connectivity index is 2.44. The van der Waals surface area contributed by atoms with E-state index in [1.165, 1.54) is 5.56 Å². The molecule has 17 heavy (non-hydrogen) atoms. The molecule has 1 saturated heterocycles. The van der Waals surface area contributed by atoms with E-state index in [2.05, 4.69) is 39.0 Å². The summed E-state index contributed by atoms with van der Waals surface area (Å²) in [6, 6.07) is 6.31. The molecule has 0 radical (unpaired) electrons. The van der Waals surface area contributed by atoms with Gasteiger partial charge >= 0.3 is 0 Å². The quantitative estimate of drug-likeness (QED) is 0.846. The van der Waals surface area contributed by atoms with Crippen LogP contribution in [0, 0.1) is 37.5 Å². The average molecular weight is 230 g/mol. The van der Waals surface area contributed by atoms with Gasteiger partial charge in [-0.2, -0.15) is 5.26 Å². The van der Waals surface area contributed by atoms with Gasteiger partial charge in [0.05, 0.1) is 25.3 Å². The monoisotopic (exact) mass is 230 g/mol. The first-order valence-electron chi connectivity index (χ1n) is 5.82. The van der Waals surface area contributed by atoms with E-state index in [4.69, 9.17) is 10.5 Å². The van der Waals surface area contributed by atoms with E-state index in [0.717, 1.165) is 16.7 Å². The van der Waals surface area contributed by atoms with E-state index in [0.29, 0.717) is 13.2 Å². The van der Waals surface area contributed by atoms with E-state index in [-0.39, 0.29) is 6.04 Å². The number of aryl methyl sites for hydroxylation is 3. The number of nitrogens with two attached hydrogens (primary N) is 1. The van der Waals surface area contributed by atoms with Crippen molar-refractivity contribution in [2.75, 3.05) is 13.2 Å². The molecule has 1 aliphatic heterocycles. The highest BCUT2D eigenvalue weighted by molar-refractivity contribution is 5.41. The zero-order valence-corrected chi connectivity index (χ0v) is 10.6. The maximum absolute atomic E-state index is 9.29. The molecular weight excluding hydrogens is 212 g/mol. The van der Waals surface area contributed by atoms with Crippen molar-refractivity contribution in [3.63, 3.8) is 0 Å². The molecule has 1 atom stereocenters. The lowest BCUT2D eigenvalue weighted by Crippen LogP contribution is -2.49. The highest BCUT2D eigenvalue weighted by Gasteiger charge is 2.46.